The maximum atomic E-state index is 12.1. The van der Waals surface area contributed by atoms with E-state index in [1.807, 2.05) is 6.07 Å². The van der Waals surface area contributed by atoms with Gasteiger partial charge in [-0.1, -0.05) is 12.1 Å². The first-order valence-electron chi connectivity index (χ1n) is 8.46. The van der Waals surface area contributed by atoms with Crippen LogP contribution in [0.4, 0.5) is 5.00 Å². The quantitative estimate of drug-likeness (QED) is 0.482. The highest BCUT2D eigenvalue weighted by Gasteiger charge is 2.23. The summed E-state index contributed by atoms with van der Waals surface area (Å²) in [5, 5.41) is 16.2. The number of anilines is 1. The average molecular weight is 382 g/mol. The highest BCUT2D eigenvalue weighted by molar-refractivity contribution is 7.16. The Morgan fingerprint density at radius 1 is 1.26 bits per heavy atom. The van der Waals surface area contributed by atoms with Crippen LogP contribution in [-0.4, -0.2) is 25.1 Å². The van der Waals surface area contributed by atoms with Crippen LogP contribution in [0.3, 0.4) is 0 Å². The average Bonchev–Trinajstić information content (AvgIpc) is 3.05. The molecule has 27 heavy (non-hydrogen) atoms. The molecule has 8 heteroatoms. The van der Waals surface area contributed by atoms with Gasteiger partial charge in [0.1, 0.15) is 16.8 Å². The lowest BCUT2D eigenvalue weighted by molar-refractivity contribution is -0.136. The second-order valence-electron chi connectivity index (χ2n) is 5.92. The zero-order valence-corrected chi connectivity index (χ0v) is 15.6. The molecule has 2 aromatic rings. The summed E-state index contributed by atoms with van der Waals surface area (Å²) in [5.74, 6) is -1.17. The molecule has 1 aromatic heterocycles. The van der Waals surface area contributed by atoms with E-state index in [-0.39, 0.29) is 0 Å². The van der Waals surface area contributed by atoms with Gasteiger partial charge in [0.15, 0.2) is 0 Å². The van der Waals surface area contributed by atoms with Crippen LogP contribution in [0.15, 0.2) is 29.4 Å². The zero-order chi connectivity index (χ0) is 19.2. The van der Waals surface area contributed by atoms with Crippen LogP contribution in [0.5, 0.6) is 5.75 Å². The van der Waals surface area contributed by atoms with Crippen LogP contribution in [0.1, 0.15) is 34.4 Å². The third-order valence-electron chi connectivity index (χ3n) is 4.23. The second kappa shape index (κ2) is 8.47. The lowest BCUT2D eigenvalue weighted by Crippen LogP contribution is -2.32. The molecule has 1 aliphatic rings. The number of para-hydroxylation sites is 1. The van der Waals surface area contributed by atoms with Crippen molar-refractivity contribution in [2.75, 3.05) is 12.4 Å². The molecule has 0 atom stereocenters. The van der Waals surface area contributed by atoms with Crippen LogP contribution in [0.2, 0.25) is 0 Å². The number of hydrogen-bond acceptors (Lipinski definition) is 6. The monoisotopic (exact) mass is 382 g/mol. The first-order valence-corrected chi connectivity index (χ1v) is 9.27. The molecular formula is C19H18N4O3S. The minimum atomic E-state index is -0.906. The van der Waals surface area contributed by atoms with Gasteiger partial charge < -0.3 is 10.1 Å². The number of carbonyl (C=O) groups excluding carboxylic acids is 2. The Hall–Kier alpha value is -3.18. The Kier molecular flexibility index (Phi) is 5.84. The van der Waals surface area contributed by atoms with Crippen molar-refractivity contribution in [3.63, 3.8) is 0 Å². The van der Waals surface area contributed by atoms with Crippen LogP contribution < -0.4 is 15.5 Å². The lowest BCUT2D eigenvalue weighted by atomic mass is 9.96. The van der Waals surface area contributed by atoms with Crippen LogP contribution in [-0.2, 0) is 22.4 Å². The maximum Gasteiger partial charge on any atom is 0.329 e. The summed E-state index contributed by atoms with van der Waals surface area (Å²) >= 11 is 1.37. The molecule has 1 aromatic carbocycles. The topological polar surface area (TPSA) is 104 Å². The fourth-order valence-corrected chi connectivity index (χ4v) is 4.15. The van der Waals surface area contributed by atoms with Crippen molar-refractivity contribution >= 4 is 34.4 Å². The number of fused-ring (bicyclic) bond motifs is 1. The number of thiophene rings is 1. The molecule has 1 aliphatic carbocycles. The number of benzene rings is 1. The van der Waals surface area contributed by atoms with Crippen molar-refractivity contribution in [1.29, 1.82) is 5.26 Å². The third-order valence-corrected chi connectivity index (χ3v) is 5.43. The number of nitriles is 1. The molecule has 138 valence electrons. The van der Waals surface area contributed by atoms with E-state index in [0.717, 1.165) is 36.1 Å². The van der Waals surface area contributed by atoms with Gasteiger partial charge in [-0.05, 0) is 43.4 Å². The lowest BCUT2D eigenvalue weighted by Gasteiger charge is -2.09. The van der Waals surface area contributed by atoms with Gasteiger partial charge >= 0.3 is 11.8 Å². The number of ether oxygens (including phenoxy) is 1. The van der Waals surface area contributed by atoms with Crippen LogP contribution in [0, 0.1) is 11.3 Å². The summed E-state index contributed by atoms with van der Waals surface area (Å²) in [4.78, 5) is 25.2. The van der Waals surface area contributed by atoms with Gasteiger partial charge in [-0.15, -0.1) is 11.3 Å². The normalized spacial score (nSPS) is 12.9. The van der Waals surface area contributed by atoms with Crippen LogP contribution >= 0.6 is 11.3 Å². The Morgan fingerprint density at radius 3 is 2.81 bits per heavy atom. The molecule has 2 N–H and O–H groups in total. The summed E-state index contributed by atoms with van der Waals surface area (Å²) in [6, 6.07) is 9.30. The molecule has 1 heterocycles. The largest absolute Gasteiger partial charge is 0.496 e. The van der Waals surface area contributed by atoms with E-state index < -0.39 is 11.8 Å². The number of amides is 2. The van der Waals surface area contributed by atoms with E-state index in [0.29, 0.717) is 21.9 Å². The van der Waals surface area contributed by atoms with Crippen molar-refractivity contribution in [3.8, 4) is 11.8 Å². The molecule has 2 amide bonds. The summed E-state index contributed by atoms with van der Waals surface area (Å²) < 4.78 is 5.18. The number of aryl methyl sites for hydroxylation is 1. The minimum Gasteiger partial charge on any atom is -0.496 e. The fraction of sp³-hybridized carbons (Fsp3) is 0.263. The smallest absolute Gasteiger partial charge is 0.329 e. The van der Waals surface area contributed by atoms with E-state index >= 15 is 0 Å². The highest BCUT2D eigenvalue weighted by atomic mass is 32.1. The molecule has 0 fully saturated rings. The molecule has 0 radical (unpaired) electrons. The Balaban J connectivity index is 1.65. The SMILES string of the molecule is COc1ccccc1C=NNC(=O)C(=O)Nc1sc2c(c1C#N)CCCC2. The molecule has 0 unspecified atom stereocenters. The molecule has 0 spiro atoms. The predicted octanol–water partition coefficient (Wildman–Crippen LogP) is 2.60. The van der Waals surface area contributed by atoms with E-state index in [4.69, 9.17) is 4.74 Å². The Morgan fingerprint density at radius 2 is 2.04 bits per heavy atom. The molecule has 0 saturated heterocycles. The Labute approximate surface area is 160 Å². The van der Waals surface area contributed by atoms with Crippen molar-refractivity contribution in [2.45, 2.75) is 25.7 Å². The standard InChI is InChI=1S/C19H18N4O3S/c1-26-15-8-4-2-6-12(15)11-21-23-18(25)17(24)22-19-14(10-20)13-7-3-5-9-16(13)27-19/h2,4,6,8,11H,3,5,7,9H2,1H3,(H,22,24)(H,23,25). The summed E-state index contributed by atoms with van der Waals surface area (Å²) in [5.41, 5.74) is 4.32. The molecule has 3 rings (SSSR count). The minimum absolute atomic E-state index is 0.429. The first-order chi connectivity index (χ1) is 13.1. The number of carbonyl (C=O) groups is 2. The molecular weight excluding hydrogens is 364 g/mol. The van der Waals surface area contributed by atoms with Crippen LogP contribution in [0.25, 0.3) is 0 Å². The van der Waals surface area contributed by atoms with Gasteiger partial charge in [0.05, 0.1) is 18.9 Å². The second-order valence-corrected chi connectivity index (χ2v) is 7.03. The van der Waals surface area contributed by atoms with E-state index in [9.17, 15) is 14.9 Å². The van der Waals surface area contributed by atoms with E-state index in [1.54, 1.807) is 18.2 Å². The van der Waals surface area contributed by atoms with Crippen molar-refractivity contribution < 1.29 is 14.3 Å². The van der Waals surface area contributed by atoms with Gasteiger partial charge in [-0.3, -0.25) is 9.59 Å². The zero-order valence-electron chi connectivity index (χ0n) is 14.7. The number of nitrogens with zero attached hydrogens (tertiary/aromatic N) is 2. The van der Waals surface area contributed by atoms with Gasteiger partial charge in [-0.25, -0.2) is 5.43 Å². The number of hydrazone groups is 1. The number of rotatable bonds is 4. The predicted molar refractivity (Wildman–Crippen MR) is 103 cm³/mol. The number of hydrogen-bond donors (Lipinski definition) is 2. The van der Waals surface area contributed by atoms with Gasteiger partial charge in [0.25, 0.3) is 0 Å². The summed E-state index contributed by atoms with van der Waals surface area (Å²) in [7, 11) is 1.53. The van der Waals surface area contributed by atoms with E-state index in [1.165, 1.54) is 24.7 Å². The summed E-state index contributed by atoms with van der Waals surface area (Å²) in [6.45, 7) is 0. The molecule has 7 nitrogen and oxygen atoms in total. The number of methoxy groups -OCH3 is 1. The van der Waals surface area contributed by atoms with Gasteiger partial charge in [-0.2, -0.15) is 10.4 Å². The maximum absolute atomic E-state index is 12.1. The molecule has 0 bridgehead atoms. The van der Waals surface area contributed by atoms with E-state index in [2.05, 4.69) is 21.9 Å². The first kappa shape index (κ1) is 18.6. The molecule has 0 aliphatic heterocycles. The molecule has 0 saturated carbocycles. The highest BCUT2D eigenvalue weighted by Crippen LogP contribution is 2.37. The van der Waals surface area contributed by atoms with Crippen molar-refractivity contribution in [3.05, 3.63) is 45.8 Å². The van der Waals surface area contributed by atoms with Gasteiger partial charge in [0.2, 0.25) is 0 Å². The number of nitrogens with one attached hydrogen (secondary N) is 2. The van der Waals surface area contributed by atoms with Crippen molar-refractivity contribution in [1.82, 2.24) is 5.43 Å². The Bertz CT molecular complexity index is 943. The summed E-state index contributed by atoms with van der Waals surface area (Å²) in [6.07, 6.45) is 5.24. The fourth-order valence-electron chi connectivity index (χ4n) is 2.92. The van der Waals surface area contributed by atoms with Gasteiger partial charge in [0, 0.05) is 10.4 Å². The third kappa shape index (κ3) is 4.15. The van der Waals surface area contributed by atoms with Crippen molar-refractivity contribution in [2.24, 2.45) is 5.10 Å².